The minimum absolute atomic E-state index is 0.131. The van der Waals surface area contributed by atoms with Gasteiger partial charge in [-0.05, 0) is 55.7 Å². The lowest BCUT2D eigenvalue weighted by Crippen LogP contribution is -2.48. The van der Waals surface area contributed by atoms with Gasteiger partial charge in [-0.3, -0.25) is 4.90 Å². The van der Waals surface area contributed by atoms with Crippen molar-refractivity contribution >= 4 is 5.96 Å². The molecule has 0 saturated carbocycles. The van der Waals surface area contributed by atoms with Gasteiger partial charge in [0.2, 0.25) is 0 Å². The number of aliphatic imine (C=N–C) groups is 1. The van der Waals surface area contributed by atoms with E-state index in [0.717, 1.165) is 37.6 Å². The van der Waals surface area contributed by atoms with Crippen molar-refractivity contribution in [3.63, 3.8) is 0 Å². The molecule has 0 atom stereocenters. The van der Waals surface area contributed by atoms with Crippen LogP contribution in [-0.4, -0.2) is 36.5 Å². The highest BCUT2D eigenvalue weighted by Crippen LogP contribution is 2.16. The SMILES string of the molecule is CCNC(=NCc1cc(C#N)ccc1F)NC1CCN(Cc2ccc(F)c(F)c2)CC1. The number of piperidine rings is 1. The summed E-state index contributed by atoms with van der Waals surface area (Å²) in [6.07, 6.45) is 1.73. The maximum absolute atomic E-state index is 14.0. The van der Waals surface area contributed by atoms with Crippen LogP contribution in [0.15, 0.2) is 41.4 Å². The zero-order chi connectivity index (χ0) is 22.2. The molecule has 0 amide bonds. The van der Waals surface area contributed by atoms with Crippen LogP contribution in [0.3, 0.4) is 0 Å². The predicted molar refractivity (Wildman–Crippen MR) is 114 cm³/mol. The lowest BCUT2D eigenvalue weighted by molar-refractivity contribution is 0.198. The van der Waals surface area contributed by atoms with Gasteiger partial charge < -0.3 is 10.6 Å². The van der Waals surface area contributed by atoms with Gasteiger partial charge in [0.1, 0.15) is 5.82 Å². The molecular weight excluding hydrogens is 403 g/mol. The van der Waals surface area contributed by atoms with Crippen LogP contribution in [0.4, 0.5) is 13.2 Å². The lowest BCUT2D eigenvalue weighted by Gasteiger charge is -2.33. The van der Waals surface area contributed by atoms with E-state index in [-0.39, 0.29) is 18.4 Å². The van der Waals surface area contributed by atoms with Gasteiger partial charge in [-0.25, -0.2) is 18.2 Å². The van der Waals surface area contributed by atoms with Crippen molar-refractivity contribution in [2.45, 2.75) is 38.9 Å². The number of likely N-dealkylation sites (tertiary alicyclic amines) is 1. The van der Waals surface area contributed by atoms with Gasteiger partial charge in [0.05, 0.1) is 18.2 Å². The Morgan fingerprint density at radius 2 is 1.84 bits per heavy atom. The summed E-state index contributed by atoms with van der Waals surface area (Å²) in [4.78, 5) is 6.68. The number of hydrogen-bond acceptors (Lipinski definition) is 3. The number of nitriles is 1. The van der Waals surface area contributed by atoms with Crippen molar-refractivity contribution in [2.75, 3.05) is 19.6 Å². The minimum atomic E-state index is -0.832. The molecule has 3 rings (SSSR count). The van der Waals surface area contributed by atoms with Gasteiger partial charge >= 0.3 is 0 Å². The topological polar surface area (TPSA) is 63.5 Å². The Labute approximate surface area is 180 Å². The van der Waals surface area contributed by atoms with Gasteiger partial charge in [0.15, 0.2) is 17.6 Å². The molecule has 2 N–H and O–H groups in total. The van der Waals surface area contributed by atoms with Crippen molar-refractivity contribution in [3.05, 3.63) is 70.5 Å². The van der Waals surface area contributed by atoms with E-state index in [2.05, 4.69) is 20.5 Å². The summed E-state index contributed by atoms with van der Waals surface area (Å²) >= 11 is 0. The van der Waals surface area contributed by atoms with Gasteiger partial charge in [0, 0.05) is 37.8 Å². The largest absolute Gasteiger partial charge is 0.357 e. The van der Waals surface area contributed by atoms with E-state index in [1.54, 1.807) is 6.07 Å². The fourth-order valence-electron chi connectivity index (χ4n) is 3.57. The van der Waals surface area contributed by atoms with Crippen molar-refractivity contribution in [1.29, 1.82) is 5.26 Å². The monoisotopic (exact) mass is 429 g/mol. The molecule has 0 aromatic heterocycles. The first-order valence-electron chi connectivity index (χ1n) is 10.4. The second kappa shape index (κ2) is 10.8. The van der Waals surface area contributed by atoms with Crippen molar-refractivity contribution < 1.29 is 13.2 Å². The Morgan fingerprint density at radius 3 is 2.52 bits per heavy atom. The second-order valence-corrected chi connectivity index (χ2v) is 7.56. The van der Waals surface area contributed by atoms with Gasteiger partial charge in [-0.15, -0.1) is 0 Å². The molecule has 2 aromatic carbocycles. The molecule has 0 aliphatic carbocycles. The van der Waals surface area contributed by atoms with Crippen LogP contribution < -0.4 is 10.6 Å². The molecular formula is C23H26F3N5. The van der Waals surface area contributed by atoms with E-state index in [9.17, 15) is 13.2 Å². The van der Waals surface area contributed by atoms with Crippen molar-refractivity contribution in [1.82, 2.24) is 15.5 Å². The van der Waals surface area contributed by atoms with Crippen LogP contribution >= 0.6 is 0 Å². The van der Waals surface area contributed by atoms with Crippen LogP contribution in [0.1, 0.15) is 36.5 Å². The number of benzene rings is 2. The van der Waals surface area contributed by atoms with Crippen LogP contribution in [-0.2, 0) is 13.1 Å². The first-order valence-corrected chi connectivity index (χ1v) is 10.4. The number of rotatable bonds is 6. The van der Waals surface area contributed by atoms with Gasteiger partial charge in [0.25, 0.3) is 0 Å². The Morgan fingerprint density at radius 1 is 1.10 bits per heavy atom. The van der Waals surface area contributed by atoms with E-state index >= 15 is 0 Å². The van der Waals surface area contributed by atoms with Crippen LogP contribution in [0, 0.1) is 28.8 Å². The maximum Gasteiger partial charge on any atom is 0.191 e. The number of hydrogen-bond donors (Lipinski definition) is 2. The number of halogens is 3. The molecule has 2 aromatic rings. The minimum Gasteiger partial charge on any atom is -0.357 e. The molecule has 1 aliphatic heterocycles. The number of guanidine groups is 1. The van der Waals surface area contributed by atoms with Crippen LogP contribution in [0.5, 0.6) is 0 Å². The highest BCUT2D eigenvalue weighted by molar-refractivity contribution is 5.80. The summed E-state index contributed by atoms with van der Waals surface area (Å²) in [6.45, 7) is 4.96. The van der Waals surface area contributed by atoms with E-state index in [1.807, 2.05) is 13.0 Å². The third kappa shape index (κ3) is 6.46. The molecule has 8 heteroatoms. The lowest BCUT2D eigenvalue weighted by atomic mass is 10.0. The third-order valence-electron chi connectivity index (χ3n) is 5.25. The number of nitrogens with zero attached hydrogens (tertiary/aromatic N) is 3. The van der Waals surface area contributed by atoms with Crippen molar-refractivity contribution in [3.8, 4) is 6.07 Å². The summed E-state index contributed by atoms with van der Waals surface area (Å²) in [5, 5.41) is 15.6. The molecule has 0 unspecified atom stereocenters. The third-order valence-corrected chi connectivity index (χ3v) is 5.25. The van der Waals surface area contributed by atoms with E-state index in [0.29, 0.717) is 30.2 Å². The standard InChI is InChI=1S/C23H26F3N5/c1-2-28-23(29-14-18-11-16(13-27)3-5-20(18)24)30-19-7-9-31(10-8-19)15-17-4-6-21(25)22(26)12-17/h3-6,11-12,19H,2,7-10,14-15H2,1H3,(H2,28,29,30). The average molecular weight is 429 g/mol. The summed E-state index contributed by atoms with van der Waals surface area (Å²) in [5.41, 5.74) is 1.53. The molecule has 1 fully saturated rings. The highest BCUT2D eigenvalue weighted by atomic mass is 19.2. The van der Waals surface area contributed by atoms with Crippen LogP contribution in [0.2, 0.25) is 0 Å². The molecule has 31 heavy (non-hydrogen) atoms. The predicted octanol–water partition coefficient (Wildman–Crippen LogP) is 3.70. The van der Waals surface area contributed by atoms with E-state index in [1.165, 1.54) is 24.3 Å². The summed E-state index contributed by atoms with van der Waals surface area (Å²) < 4.78 is 40.5. The molecule has 1 heterocycles. The molecule has 0 radical (unpaired) electrons. The summed E-state index contributed by atoms with van der Waals surface area (Å²) in [7, 11) is 0. The molecule has 1 aliphatic rings. The molecule has 1 saturated heterocycles. The molecule has 0 bridgehead atoms. The molecule has 5 nitrogen and oxygen atoms in total. The Bertz CT molecular complexity index is 962. The van der Waals surface area contributed by atoms with Crippen LogP contribution in [0.25, 0.3) is 0 Å². The van der Waals surface area contributed by atoms with Gasteiger partial charge in [-0.2, -0.15) is 5.26 Å². The molecule has 0 spiro atoms. The zero-order valence-electron chi connectivity index (χ0n) is 17.5. The molecule has 164 valence electrons. The van der Waals surface area contributed by atoms with E-state index in [4.69, 9.17) is 5.26 Å². The zero-order valence-corrected chi connectivity index (χ0v) is 17.5. The smallest absolute Gasteiger partial charge is 0.191 e. The van der Waals surface area contributed by atoms with Gasteiger partial charge in [-0.1, -0.05) is 6.07 Å². The Kier molecular flexibility index (Phi) is 7.90. The Balaban J connectivity index is 1.54. The second-order valence-electron chi connectivity index (χ2n) is 7.56. The normalized spacial score (nSPS) is 15.5. The van der Waals surface area contributed by atoms with Crippen molar-refractivity contribution in [2.24, 2.45) is 4.99 Å². The maximum atomic E-state index is 14.0. The fraction of sp³-hybridized carbons (Fsp3) is 0.391. The number of nitrogens with one attached hydrogen (secondary N) is 2. The summed E-state index contributed by atoms with van der Waals surface area (Å²) in [6, 6.07) is 10.5. The first-order chi connectivity index (χ1) is 15.0. The summed E-state index contributed by atoms with van der Waals surface area (Å²) in [5.74, 6) is -1.44. The first kappa shape index (κ1) is 22.6. The Hall–Kier alpha value is -3.05. The fourth-order valence-corrected chi connectivity index (χ4v) is 3.57. The highest BCUT2D eigenvalue weighted by Gasteiger charge is 2.20. The average Bonchev–Trinajstić information content (AvgIpc) is 2.77. The quantitative estimate of drug-likeness (QED) is 0.543. The van der Waals surface area contributed by atoms with E-state index < -0.39 is 11.6 Å².